The number of benzene rings is 10. The van der Waals surface area contributed by atoms with Crippen molar-refractivity contribution in [2.75, 3.05) is 28.7 Å². The van der Waals surface area contributed by atoms with Crippen LogP contribution in [0.15, 0.2) is 231 Å². The molecule has 6 nitrogen and oxygen atoms in total. The molecular formula is C67H60N6. The molecule has 6 heteroatoms. The van der Waals surface area contributed by atoms with Crippen LogP contribution in [0.5, 0.6) is 0 Å². The summed E-state index contributed by atoms with van der Waals surface area (Å²) < 4.78 is 0. The molecule has 0 fully saturated rings. The van der Waals surface area contributed by atoms with Gasteiger partial charge in [0.15, 0.2) is 0 Å². The quantitative estimate of drug-likeness (QED) is 0.0819. The topological polar surface area (TPSA) is 143 Å². The predicted molar refractivity (Wildman–Crippen MR) is 311 cm³/mol. The van der Waals surface area contributed by atoms with Crippen molar-refractivity contribution in [1.29, 1.82) is 0 Å². The number of hydrogen-bond acceptors (Lipinski definition) is 6. The van der Waals surface area contributed by atoms with Gasteiger partial charge in [-0.1, -0.05) is 166 Å². The fourth-order valence-electron chi connectivity index (χ4n) is 10.5. The Hall–Kier alpha value is -9.13. The molecular weight excluding hydrogens is 889 g/mol. The van der Waals surface area contributed by atoms with Crippen molar-refractivity contribution in [3.8, 4) is 44.6 Å². The highest BCUT2D eigenvalue weighted by Gasteiger charge is 2.35. The molecule has 0 spiro atoms. The number of nitrogens with zero attached hydrogens (tertiary/aromatic N) is 1. The number of aromatic nitrogens is 1. The van der Waals surface area contributed by atoms with Crippen molar-refractivity contribution in [2.24, 2.45) is 0 Å². The average molecular weight is 949 g/mol. The van der Waals surface area contributed by atoms with E-state index >= 15 is 0 Å². The fraction of sp³-hybridized carbons (Fsp3) is 0.0896. The third kappa shape index (κ3) is 10.2. The van der Waals surface area contributed by atoms with Crippen LogP contribution in [-0.4, -0.2) is 4.98 Å². The summed E-state index contributed by atoms with van der Waals surface area (Å²) in [5.74, 6) is 0. The standard InChI is InChI=1S/C15H15N.C14H13N.C14H11N.C13H11N.C11H10N2/c1-15(2)13-6-4-3-5-11(13)12-8-7-10(16)9-14(12)15;2*15-12-7-8-14-11(9-12)6-5-10-3-1-2-4-13(10)14;14-11-5-6-13-10(8-11)7-9-3-1-2-4-12(9)13;12-10-6-4-9(5-7-10)11-3-1-2-8-13-11/h3-9H,16H2,1-2H3;1-4,7-9H,5-6,15H2;1-9H,15H2;1-6,8H,7,14H2;1-8H,12H2. The van der Waals surface area contributed by atoms with Gasteiger partial charge in [-0.2, -0.15) is 0 Å². The first-order valence-corrected chi connectivity index (χ1v) is 24.9. The van der Waals surface area contributed by atoms with Crippen LogP contribution in [0.25, 0.3) is 66.2 Å². The molecule has 0 unspecified atom stereocenters. The molecule has 0 amide bonds. The molecule has 10 N–H and O–H groups in total. The predicted octanol–water partition coefficient (Wildman–Crippen LogP) is 15.4. The molecule has 10 aromatic carbocycles. The van der Waals surface area contributed by atoms with Crippen LogP contribution in [0.3, 0.4) is 0 Å². The maximum atomic E-state index is 5.89. The van der Waals surface area contributed by atoms with Gasteiger partial charge in [0, 0.05) is 45.6 Å². The minimum atomic E-state index is 0.0707. The Labute approximate surface area is 428 Å². The Morgan fingerprint density at radius 2 is 0.836 bits per heavy atom. The van der Waals surface area contributed by atoms with E-state index in [0.717, 1.165) is 59.0 Å². The van der Waals surface area contributed by atoms with Crippen LogP contribution in [-0.2, 0) is 24.7 Å². The number of nitrogens with two attached hydrogens (primary N) is 5. The summed E-state index contributed by atoms with van der Waals surface area (Å²) in [6, 6.07) is 76.7. The number of rotatable bonds is 1. The lowest BCUT2D eigenvalue weighted by molar-refractivity contribution is 0.660. The molecule has 0 aliphatic heterocycles. The lowest BCUT2D eigenvalue weighted by atomic mass is 9.82. The van der Waals surface area contributed by atoms with Gasteiger partial charge in [0.25, 0.3) is 0 Å². The van der Waals surface area contributed by atoms with E-state index < -0.39 is 0 Å². The second-order valence-electron chi connectivity index (χ2n) is 19.4. The Bertz CT molecular complexity index is 3750. The minimum Gasteiger partial charge on any atom is -0.399 e. The minimum absolute atomic E-state index is 0.0707. The van der Waals surface area contributed by atoms with Crippen LogP contribution in [0.4, 0.5) is 28.4 Å². The Morgan fingerprint density at radius 3 is 1.58 bits per heavy atom. The van der Waals surface area contributed by atoms with Gasteiger partial charge in [-0.3, -0.25) is 4.98 Å². The molecule has 73 heavy (non-hydrogen) atoms. The van der Waals surface area contributed by atoms with Crippen LogP contribution < -0.4 is 28.7 Å². The molecule has 14 rings (SSSR count). The van der Waals surface area contributed by atoms with Crippen LogP contribution in [0.2, 0.25) is 0 Å². The summed E-state index contributed by atoms with van der Waals surface area (Å²) in [4.78, 5) is 4.24. The molecule has 3 aliphatic carbocycles. The number of pyridine rings is 1. The molecule has 0 saturated heterocycles. The summed E-state index contributed by atoms with van der Waals surface area (Å²) in [5.41, 5.74) is 51.6. The fourth-order valence-corrected chi connectivity index (χ4v) is 10.5. The number of nitrogen functional groups attached to an aromatic ring is 5. The van der Waals surface area contributed by atoms with Crippen LogP contribution in [0, 0.1) is 0 Å². The van der Waals surface area contributed by atoms with Gasteiger partial charge in [-0.25, -0.2) is 0 Å². The number of aryl methyl sites for hydroxylation is 2. The van der Waals surface area contributed by atoms with Gasteiger partial charge in [0.2, 0.25) is 0 Å². The molecule has 358 valence electrons. The second-order valence-corrected chi connectivity index (χ2v) is 19.4. The van der Waals surface area contributed by atoms with Gasteiger partial charge in [0.1, 0.15) is 0 Å². The van der Waals surface area contributed by atoms with Crippen molar-refractivity contribution in [2.45, 2.75) is 38.5 Å². The summed E-state index contributed by atoms with van der Waals surface area (Å²) >= 11 is 0. The maximum Gasteiger partial charge on any atom is 0.0701 e. The van der Waals surface area contributed by atoms with Crippen molar-refractivity contribution in [3.63, 3.8) is 0 Å². The van der Waals surface area contributed by atoms with Gasteiger partial charge in [-0.15, -0.1) is 0 Å². The summed E-state index contributed by atoms with van der Waals surface area (Å²) in [6.45, 7) is 4.52. The first-order valence-electron chi connectivity index (χ1n) is 24.9. The van der Waals surface area contributed by atoms with E-state index in [1.54, 1.807) is 6.20 Å². The zero-order valence-electron chi connectivity index (χ0n) is 41.4. The Balaban J connectivity index is 0.000000105. The van der Waals surface area contributed by atoms with Crippen LogP contribution >= 0.6 is 0 Å². The molecule has 0 saturated carbocycles. The SMILES string of the molecule is CC1(C)c2ccccc2-c2ccc(N)cc21.Nc1ccc(-c2ccccn2)cc1.Nc1ccc2c(c1)CCc1ccccc1-2.Nc1ccc2c(c1)Cc1ccccc1-2.Nc1ccc2c(ccc3ccccc32)c1. The van der Waals surface area contributed by atoms with Crippen molar-refractivity contribution >= 4 is 50.0 Å². The molecule has 11 aromatic rings. The largest absolute Gasteiger partial charge is 0.399 e. The maximum absolute atomic E-state index is 5.89. The number of hydrogen-bond donors (Lipinski definition) is 5. The van der Waals surface area contributed by atoms with Gasteiger partial charge >= 0.3 is 0 Å². The molecule has 3 aliphatic rings. The average Bonchev–Trinajstić information content (AvgIpc) is 3.90. The molecule has 1 heterocycles. The highest BCUT2D eigenvalue weighted by atomic mass is 14.7. The molecule has 0 bridgehead atoms. The van der Waals surface area contributed by atoms with E-state index in [0.29, 0.717) is 0 Å². The van der Waals surface area contributed by atoms with E-state index in [4.69, 9.17) is 28.7 Å². The lowest BCUT2D eigenvalue weighted by Crippen LogP contribution is -2.15. The third-order valence-electron chi connectivity index (χ3n) is 14.2. The first-order chi connectivity index (χ1) is 35.5. The molecule has 0 radical (unpaired) electrons. The third-order valence-corrected chi connectivity index (χ3v) is 14.2. The number of anilines is 5. The van der Waals surface area contributed by atoms with Crippen molar-refractivity contribution < 1.29 is 0 Å². The highest BCUT2D eigenvalue weighted by molar-refractivity contribution is 6.08. The molecule has 0 atom stereocenters. The second kappa shape index (κ2) is 20.7. The Morgan fingerprint density at radius 1 is 0.342 bits per heavy atom. The normalized spacial score (nSPS) is 12.5. The van der Waals surface area contributed by atoms with E-state index in [-0.39, 0.29) is 5.41 Å². The zero-order chi connectivity index (χ0) is 50.5. The lowest BCUT2D eigenvalue weighted by Gasteiger charge is -2.21. The summed E-state index contributed by atoms with van der Waals surface area (Å²) in [7, 11) is 0. The van der Waals surface area contributed by atoms with Gasteiger partial charge in [-0.05, 0) is 180 Å². The van der Waals surface area contributed by atoms with Crippen molar-refractivity contribution in [3.05, 3.63) is 264 Å². The van der Waals surface area contributed by atoms with Crippen LogP contribution in [0.1, 0.15) is 47.2 Å². The molecule has 1 aromatic heterocycles. The first kappa shape index (κ1) is 47.5. The van der Waals surface area contributed by atoms with Crippen molar-refractivity contribution in [1.82, 2.24) is 4.98 Å². The monoisotopic (exact) mass is 948 g/mol. The van der Waals surface area contributed by atoms with E-state index in [9.17, 15) is 0 Å². The van der Waals surface area contributed by atoms with Gasteiger partial charge in [0.05, 0.1) is 5.69 Å². The summed E-state index contributed by atoms with van der Waals surface area (Å²) in [6.07, 6.45) is 5.05. The Kier molecular flexibility index (Phi) is 13.5. The van der Waals surface area contributed by atoms with E-state index in [2.05, 4.69) is 170 Å². The van der Waals surface area contributed by atoms with Gasteiger partial charge < -0.3 is 28.7 Å². The number of fused-ring (bicyclic) bond motifs is 12. The smallest absolute Gasteiger partial charge is 0.0701 e. The van der Waals surface area contributed by atoms with E-state index in [1.807, 2.05) is 72.8 Å². The summed E-state index contributed by atoms with van der Waals surface area (Å²) in [5, 5.41) is 5.03. The van der Waals surface area contributed by atoms with E-state index in [1.165, 1.54) is 88.3 Å². The highest BCUT2D eigenvalue weighted by Crippen LogP contribution is 2.49. The zero-order valence-corrected chi connectivity index (χ0v) is 41.4.